The molecule has 3 nitrogen and oxygen atoms in total. The Labute approximate surface area is 121 Å². The van der Waals surface area contributed by atoms with Gasteiger partial charge in [-0.2, -0.15) is 0 Å². The smallest absolute Gasteiger partial charge is 0.252 e. The molecule has 2 N–H and O–H groups in total. The van der Waals surface area contributed by atoms with E-state index in [0.29, 0.717) is 10.6 Å². The van der Waals surface area contributed by atoms with Crippen LogP contribution in [0.15, 0.2) is 48.5 Å². The predicted molar refractivity (Wildman–Crippen MR) is 75.1 cm³/mol. The van der Waals surface area contributed by atoms with Gasteiger partial charge in [-0.15, -0.1) is 0 Å². The molecule has 0 aliphatic rings. The molecule has 0 saturated heterocycles. The van der Waals surface area contributed by atoms with E-state index < -0.39 is 17.8 Å². The quantitative estimate of drug-likeness (QED) is 0.910. The third kappa shape index (κ3) is 3.35. The summed E-state index contributed by atoms with van der Waals surface area (Å²) in [5.74, 6) is -0.919. The van der Waals surface area contributed by atoms with E-state index in [4.69, 9.17) is 11.6 Å². The summed E-state index contributed by atoms with van der Waals surface area (Å²) < 4.78 is 13.5. The molecule has 0 aliphatic carbocycles. The highest BCUT2D eigenvalue weighted by Gasteiger charge is 2.15. The first kappa shape index (κ1) is 14.5. The fourth-order valence-electron chi connectivity index (χ4n) is 1.79. The zero-order valence-corrected chi connectivity index (χ0v) is 11.3. The molecule has 0 fully saturated rings. The van der Waals surface area contributed by atoms with Crippen molar-refractivity contribution in [2.45, 2.75) is 6.10 Å². The van der Waals surface area contributed by atoms with Crippen LogP contribution >= 0.6 is 11.6 Å². The van der Waals surface area contributed by atoms with Crippen LogP contribution in [0.25, 0.3) is 0 Å². The number of aliphatic hydroxyl groups excluding tert-OH is 1. The van der Waals surface area contributed by atoms with E-state index in [1.54, 1.807) is 30.3 Å². The number of rotatable bonds is 4. The number of benzene rings is 2. The van der Waals surface area contributed by atoms with Crippen LogP contribution in [-0.4, -0.2) is 17.6 Å². The van der Waals surface area contributed by atoms with Crippen LogP contribution < -0.4 is 5.32 Å². The molecular weight excluding hydrogens is 281 g/mol. The van der Waals surface area contributed by atoms with Gasteiger partial charge in [0.1, 0.15) is 5.82 Å². The number of carbonyl (C=O) groups excluding carboxylic acids is 1. The van der Waals surface area contributed by atoms with Gasteiger partial charge in [-0.25, -0.2) is 4.39 Å². The molecule has 0 spiro atoms. The lowest BCUT2D eigenvalue weighted by Crippen LogP contribution is -2.28. The lowest BCUT2D eigenvalue weighted by Gasteiger charge is -2.13. The minimum absolute atomic E-state index is 0.0923. The zero-order valence-electron chi connectivity index (χ0n) is 10.5. The van der Waals surface area contributed by atoms with Crippen molar-refractivity contribution in [2.24, 2.45) is 0 Å². The lowest BCUT2D eigenvalue weighted by molar-refractivity contribution is 0.0914. The van der Waals surface area contributed by atoms with Gasteiger partial charge in [0.25, 0.3) is 5.91 Å². The molecule has 0 bridgehead atoms. The molecule has 0 radical (unpaired) electrons. The number of halogens is 2. The van der Waals surface area contributed by atoms with E-state index in [9.17, 15) is 14.3 Å². The highest BCUT2D eigenvalue weighted by Crippen LogP contribution is 2.17. The standard InChI is InChI=1S/C15H13ClFNO2/c16-12-7-3-1-5-10(12)15(20)18-9-14(19)11-6-2-4-8-13(11)17/h1-8,14,19H,9H2,(H,18,20). The molecule has 1 amide bonds. The van der Waals surface area contributed by atoms with Gasteiger partial charge in [-0.3, -0.25) is 4.79 Å². The minimum Gasteiger partial charge on any atom is -0.386 e. The molecule has 0 heterocycles. The van der Waals surface area contributed by atoms with Crippen molar-refractivity contribution in [3.8, 4) is 0 Å². The minimum atomic E-state index is -1.11. The summed E-state index contributed by atoms with van der Waals surface area (Å²) in [7, 11) is 0. The van der Waals surface area contributed by atoms with Crippen LogP contribution in [0, 0.1) is 5.82 Å². The van der Waals surface area contributed by atoms with E-state index in [1.807, 2.05) is 0 Å². The maximum Gasteiger partial charge on any atom is 0.252 e. The average molecular weight is 294 g/mol. The van der Waals surface area contributed by atoms with Crippen molar-refractivity contribution in [3.05, 3.63) is 70.5 Å². The van der Waals surface area contributed by atoms with Gasteiger partial charge in [-0.1, -0.05) is 41.9 Å². The Hall–Kier alpha value is -1.91. The average Bonchev–Trinajstić information content (AvgIpc) is 2.45. The van der Waals surface area contributed by atoms with Gasteiger partial charge in [0, 0.05) is 12.1 Å². The lowest BCUT2D eigenvalue weighted by atomic mass is 10.1. The van der Waals surface area contributed by atoms with Crippen molar-refractivity contribution in [1.82, 2.24) is 5.32 Å². The highest BCUT2D eigenvalue weighted by molar-refractivity contribution is 6.33. The van der Waals surface area contributed by atoms with Crippen LogP contribution in [0.1, 0.15) is 22.0 Å². The van der Waals surface area contributed by atoms with Crippen LogP contribution in [0.5, 0.6) is 0 Å². The molecule has 2 rings (SSSR count). The van der Waals surface area contributed by atoms with Gasteiger partial charge >= 0.3 is 0 Å². The van der Waals surface area contributed by atoms with Crippen molar-refractivity contribution in [1.29, 1.82) is 0 Å². The van der Waals surface area contributed by atoms with Gasteiger partial charge in [0.2, 0.25) is 0 Å². The summed E-state index contributed by atoms with van der Waals surface area (Å²) in [6.45, 7) is -0.0923. The van der Waals surface area contributed by atoms with Crippen LogP contribution in [0.4, 0.5) is 4.39 Å². The zero-order chi connectivity index (χ0) is 14.5. The Kier molecular flexibility index (Phi) is 4.71. The summed E-state index contributed by atoms with van der Waals surface area (Å²) in [5, 5.41) is 12.7. The topological polar surface area (TPSA) is 49.3 Å². The van der Waals surface area contributed by atoms with E-state index in [-0.39, 0.29) is 12.1 Å². The molecule has 2 aromatic carbocycles. The maximum absolute atomic E-state index is 13.5. The van der Waals surface area contributed by atoms with Crippen molar-refractivity contribution in [3.63, 3.8) is 0 Å². The van der Waals surface area contributed by atoms with Gasteiger partial charge in [-0.05, 0) is 18.2 Å². The number of aliphatic hydroxyl groups is 1. The number of carbonyl (C=O) groups is 1. The van der Waals surface area contributed by atoms with Crippen molar-refractivity contribution >= 4 is 17.5 Å². The largest absolute Gasteiger partial charge is 0.386 e. The maximum atomic E-state index is 13.5. The predicted octanol–water partition coefficient (Wildman–Crippen LogP) is 2.94. The molecule has 0 aliphatic heterocycles. The Morgan fingerprint density at radius 3 is 2.55 bits per heavy atom. The SMILES string of the molecule is O=C(NCC(O)c1ccccc1F)c1ccccc1Cl. The highest BCUT2D eigenvalue weighted by atomic mass is 35.5. The third-order valence-electron chi connectivity index (χ3n) is 2.84. The molecule has 5 heteroatoms. The van der Waals surface area contributed by atoms with Crippen molar-refractivity contribution < 1.29 is 14.3 Å². The third-order valence-corrected chi connectivity index (χ3v) is 3.17. The molecule has 0 aromatic heterocycles. The summed E-state index contributed by atoms with van der Waals surface area (Å²) in [6.07, 6.45) is -1.11. The fraction of sp³-hybridized carbons (Fsp3) is 0.133. The molecule has 1 unspecified atom stereocenters. The number of amides is 1. The van der Waals surface area contributed by atoms with E-state index in [2.05, 4.69) is 5.32 Å². The Balaban J connectivity index is 2.01. The Morgan fingerprint density at radius 1 is 1.20 bits per heavy atom. The Morgan fingerprint density at radius 2 is 1.85 bits per heavy atom. The molecule has 0 saturated carbocycles. The number of hydrogen-bond donors (Lipinski definition) is 2. The summed E-state index contributed by atoms with van der Waals surface area (Å²) in [6, 6.07) is 12.5. The van der Waals surface area contributed by atoms with Gasteiger partial charge in [0.05, 0.1) is 16.7 Å². The first-order valence-electron chi connectivity index (χ1n) is 6.05. The second kappa shape index (κ2) is 6.50. The first-order valence-corrected chi connectivity index (χ1v) is 6.42. The van der Waals surface area contributed by atoms with Crippen LogP contribution in [0.2, 0.25) is 5.02 Å². The Bertz CT molecular complexity index is 618. The molecule has 104 valence electrons. The van der Waals surface area contributed by atoms with Gasteiger partial charge in [0.15, 0.2) is 0 Å². The summed E-state index contributed by atoms with van der Waals surface area (Å²) in [5.41, 5.74) is 0.460. The fourth-order valence-corrected chi connectivity index (χ4v) is 2.01. The van der Waals surface area contributed by atoms with E-state index in [1.165, 1.54) is 18.2 Å². The normalized spacial score (nSPS) is 11.9. The monoisotopic (exact) mass is 293 g/mol. The molecular formula is C15H13ClFNO2. The summed E-state index contributed by atoms with van der Waals surface area (Å²) >= 11 is 5.89. The van der Waals surface area contributed by atoms with Crippen molar-refractivity contribution in [2.75, 3.05) is 6.54 Å². The van der Waals surface area contributed by atoms with Crippen LogP contribution in [-0.2, 0) is 0 Å². The number of nitrogens with one attached hydrogen (secondary N) is 1. The van der Waals surface area contributed by atoms with E-state index >= 15 is 0 Å². The molecule has 1 atom stereocenters. The summed E-state index contributed by atoms with van der Waals surface area (Å²) in [4.78, 5) is 11.9. The second-order valence-electron chi connectivity index (χ2n) is 4.23. The number of hydrogen-bond acceptors (Lipinski definition) is 2. The van der Waals surface area contributed by atoms with Gasteiger partial charge < -0.3 is 10.4 Å². The van der Waals surface area contributed by atoms with Crippen LogP contribution in [0.3, 0.4) is 0 Å². The van der Waals surface area contributed by atoms with E-state index in [0.717, 1.165) is 0 Å². The molecule has 20 heavy (non-hydrogen) atoms. The first-order chi connectivity index (χ1) is 9.59. The molecule has 2 aromatic rings. The second-order valence-corrected chi connectivity index (χ2v) is 4.63.